The summed E-state index contributed by atoms with van der Waals surface area (Å²) in [6, 6.07) is 1.50. The molecule has 0 radical (unpaired) electrons. The highest BCUT2D eigenvalue weighted by atomic mass is 32.1. The van der Waals surface area contributed by atoms with Crippen LogP contribution in [-0.4, -0.2) is 27.2 Å². The first-order chi connectivity index (χ1) is 8.15. The standard InChI is InChI=1S/C8H7N5O3S/c1-4-2-5(13-16-4)10-6(14)7(15)11-8-12-9-3-17-8/h2-3H,1H3,(H,10,13,14)(H,11,12,15). The Morgan fingerprint density at radius 2 is 2.12 bits per heavy atom. The summed E-state index contributed by atoms with van der Waals surface area (Å²) in [6.45, 7) is 1.67. The Morgan fingerprint density at radius 3 is 2.71 bits per heavy atom. The Bertz CT molecular complexity index is 535. The van der Waals surface area contributed by atoms with Crippen molar-refractivity contribution >= 4 is 34.1 Å². The molecule has 0 unspecified atom stereocenters. The zero-order chi connectivity index (χ0) is 12.3. The fourth-order valence-corrected chi connectivity index (χ4v) is 1.42. The van der Waals surface area contributed by atoms with E-state index in [2.05, 4.69) is 26.0 Å². The van der Waals surface area contributed by atoms with E-state index in [0.29, 0.717) is 5.76 Å². The molecule has 2 heterocycles. The van der Waals surface area contributed by atoms with Gasteiger partial charge in [0.25, 0.3) is 0 Å². The van der Waals surface area contributed by atoms with Crippen LogP contribution in [0, 0.1) is 6.92 Å². The molecule has 0 aliphatic carbocycles. The van der Waals surface area contributed by atoms with Crippen molar-refractivity contribution in [2.75, 3.05) is 10.6 Å². The molecule has 0 spiro atoms. The molecule has 0 atom stereocenters. The molecule has 8 nitrogen and oxygen atoms in total. The summed E-state index contributed by atoms with van der Waals surface area (Å²) in [4.78, 5) is 22.8. The summed E-state index contributed by atoms with van der Waals surface area (Å²) in [5, 5.41) is 15.4. The Labute approximate surface area is 99.0 Å². The molecular formula is C8H7N5O3S. The Kier molecular flexibility index (Phi) is 3.10. The first kappa shape index (κ1) is 11.2. The SMILES string of the molecule is Cc1cc(NC(=O)C(=O)Nc2nncs2)no1. The zero-order valence-electron chi connectivity index (χ0n) is 8.63. The minimum absolute atomic E-state index is 0.180. The van der Waals surface area contributed by atoms with Crippen LogP contribution in [0.1, 0.15) is 5.76 Å². The lowest BCUT2D eigenvalue weighted by molar-refractivity contribution is -0.133. The Balaban J connectivity index is 1.94. The van der Waals surface area contributed by atoms with Crippen LogP contribution in [0.25, 0.3) is 0 Å². The van der Waals surface area contributed by atoms with E-state index in [4.69, 9.17) is 4.52 Å². The molecule has 0 aromatic carbocycles. The van der Waals surface area contributed by atoms with Crippen LogP contribution < -0.4 is 10.6 Å². The predicted molar refractivity (Wildman–Crippen MR) is 58.4 cm³/mol. The average molecular weight is 253 g/mol. The van der Waals surface area contributed by atoms with Gasteiger partial charge in [0.2, 0.25) is 5.13 Å². The van der Waals surface area contributed by atoms with E-state index in [1.54, 1.807) is 6.92 Å². The fourth-order valence-electron chi connectivity index (χ4n) is 0.980. The van der Waals surface area contributed by atoms with Gasteiger partial charge < -0.3 is 4.52 Å². The van der Waals surface area contributed by atoms with Crippen molar-refractivity contribution in [1.82, 2.24) is 15.4 Å². The molecule has 17 heavy (non-hydrogen) atoms. The van der Waals surface area contributed by atoms with E-state index in [-0.39, 0.29) is 10.9 Å². The van der Waals surface area contributed by atoms with E-state index < -0.39 is 11.8 Å². The largest absolute Gasteiger partial charge is 0.360 e. The van der Waals surface area contributed by atoms with Gasteiger partial charge in [-0.15, -0.1) is 10.2 Å². The Hall–Kier alpha value is -2.29. The van der Waals surface area contributed by atoms with E-state index in [1.165, 1.54) is 11.6 Å². The monoisotopic (exact) mass is 253 g/mol. The molecule has 2 amide bonds. The number of carbonyl (C=O) groups is 2. The van der Waals surface area contributed by atoms with Crippen molar-refractivity contribution in [2.45, 2.75) is 6.92 Å². The van der Waals surface area contributed by atoms with Crippen LogP contribution in [0.2, 0.25) is 0 Å². The summed E-state index contributed by atoms with van der Waals surface area (Å²) < 4.78 is 4.73. The molecule has 0 saturated heterocycles. The topological polar surface area (TPSA) is 110 Å². The van der Waals surface area contributed by atoms with Gasteiger partial charge in [-0.1, -0.05) is 16.5 Å². The van der Waals surface area contributed by atoms with Crippen LogP contribution in [0.3, 0.4) is 0 Å². The van der Waals surface area contributed by atoms with E-state index in [0.717, 1.165) is 11.3 Å². The fraction of sp³-hybridized carbons (Fsp3) is 0.125. The number of rotatable bonds is 2. The maximum Gasteiger partial charge on any atom is 0.315 e. The third kappa shape index (κ3) is 2.84. The van der Waals surface area contributed by atoms with Gasteiger partial charge in [-0.25, -0.2) is 0 Å². The second-order valence-corrected chi connectivity index (χ2v) is 3.81. The van der Waals surface area contributed by atoms with Crippen LogP contribution in [0.4, 0.5) is 10.9 Å². The van der Waals surface area contributed by atoms with Crippen molar-refractivity contribution in [3.63, 3.8) is 0 Å². The molecule has 0 bridgehead atoms. The highest BCUT2D eigenvalue weighted by Crippen LogP contribution is 2.09. The molecule has 2 aromatic rings. The van der Waals surface area contributed by atoms with Crippen molar-refractivity contribution in [3.05, 3.63) is 17.3 Å². The molecule has 2 rings (SSSR count). The number of hydrogen-bond donors (Lipinski definition) is 2. The minimum Gasteiger partial charge on any atom is -0.360 e. The van der Waals surface area contributed by atoms with Crippen molar-refractivity contribution < 1.29 is 14.1 Å². The van der Waals surface area contributed by atoms with Gasteiger partial charge in [0.05, 0.1) is 0 Å². The first-order valence-electron chi connectivity index (χ1n) is 4.47. The second-order valence-electron chi connectivity index (χ2n) is 2.97. The molecule has 0 aliphatic heterocycles. The highest BCUT2D eigenvalue weighted by molar-refractivity contribution is 7.13. The lowest BCUT2D eigenvalue weighted by Gasteiger charge is -1.99. The maximum absolute atomic E-state index is 11.4. The average Bonchev–Trinajstić information content (AvgIpc) is 2.90. The number of aryl methyl sites for hydroxylation is 1. The Morgan fingerprint density at radius 1 is 1.35 bits per heavy atom. The molecule has 0 saturated carbocycles. The summed E-state index contributed by atoms with van der Waals surface area (Å²) >= 11 is 1.11. The van der Waals surface area contributed by atoms with Gasteiger partial charge >= 0.3 is 11.8 Å². The van der Waals surface area contributed by atoms with Crippen molar-refractivity contribution in [2.24, 2.45) is 0 Å². The summed E-state index contributed by atoms with van der Waals surface area (Å²) in [7, 11) is 0. The molecule has 2 aromatic heterocycles. The lowest BCUT2D eigenvalue weighted by Crippen LogP contribution is -2.29. The predicted octanol–water partition coefficient (Wildman–Crippen LogP) is 0.412. The van der Waals surface area contributed by atoms with Gasteiger partial charge in [-0.3, -0.25) is 20.2 Å². The number of anilines is 2. The number of amides is 2. The summed E-state index contributed by atoms with van der Waals surface area (Å²) in [5.74, 6) is -0.986. The molecule has 88 valence electrons. The third-order valence-electron chi connectivity index (χ3n) is 1.66. The van der Waals surface area contributed by atoms with E-state index in [1.807, 2.05) is 0 Å². The molecule has 0 fully saturated rings. The number of hydrogen-bond acceptors (Lipinski definition) is 7. The summed E-state index contributed by atoms with van der Waals surface area (Å²) in [5.41, 5.74) is 1.44. The quantitative estimate of drug-likeness (QED) is 0.750. The first-order valence-corrected chi connectivity index (χ1v) is 5.35. The number of aromatic nitrogens is 3. The minimum atomic E-state index is -0.853. The lowest BCUT2D eigenvalue weighted by atomic mass is 10.4. The van der Waals surface area contributed by atoms with Crippen LogP contribution >= 0.6 is 11.3 Å². The smallest absolute Gasteiger partial charge is 0.315 e. The number of nitrogens with zero attached hydrogens (tertiary/aromatic N) is 3. The maximum atomic E-state index is 11.4. The number of nitrogens with one attached hydrogen (secondary N) is 2. The van der Waals surface area contributed by atoms with Crippen molar-refractivity contribution in [1.29, 1.82) is 0 Å². The van der Waals surface area contributed by atoms with E-state index in [9.17, 15) is 9.59 Å². The van der Waals surface area contributed by atoms with Gasteiger partial charge in [0, 0.05) is 6.07 Å². The molecule has 2 N–H and O–H groups in total. The number of carbonyl (C=O) groups excluding carboxylic acids is 2. The van der Waals surface area contributed by atoms with Crippen LogP contribution in [-0.2, 0) is 9.59 Å². The van der Waals surface area contributed by atoms with Gasteiger partial charge in [0.1, 0.15) is 11.3 Å². The van der Waals surface area contributed by atoms with Crippen molar-refractivity contribution in [3.8, 4) is 0 Å². The molecule has 9 heteroatoms. The second kappa shape index (κ2) is 4.70. The highest BCUT2D eigenvalue weighted by Gasteiger charge is 2.16. The third-order valence-corrected chi connectivity index (χ3v) is 2.26. The van der Waals surface area contributed by atoms with Crippen LogP contribution in [0.5, 0.6) is 0 Å². The zero-order valence-corrected chi connectivity index (χ0v) is 9.45. The van der Waals surface area contributed by atoms with Gasteiger partial charge in [-0.2, -0.15) is 0 Å². The van der Waals surface area contributed by atoms with Gasteiger partial charge in [0.15, 0.2) is 5.82 Å². The van der Waals surface area contributed by atoms with Gasteiger partial charge in [-0.05, 0) is 6.92 Å². The van der Waals surface area contributed by atoms with E-state index >= 15 is 0 Å². The normalized spacial score (nSPS) is 9.94. The molecular weight excluding hydrogens is 246 g/mol. The summed E-state index contributed by atoms with van der Waals surface area (Å²) in [6.07, 6.45) is 0. The molecule has 0 aliphatic rings. The van der Waals surface area contributed by atoms with Crippen LogP contribution in [0.15, 0.2) is 16.1 Å².